The van der Waals surface area contributed by atoms with E-state index < -0.39 is 12.0 Å². The fraction of sp³-hybridized carbons (Fsp3) is 0.846. The maximum atomic E-state index is 13.1. The molecular weight excluding hydrogens is 388 g/mol. The molecule has 30 heavy (non-hydrogen) atoms. The summed E-state index contributed by atoms with van der Waals surface area (Å²) in [4.78, 5) is 0. The highest BCUT2D eigenvalue weighted by Gasteiger charge is 2.35. The van der Waals surface area contributed by atoms with Crippen LogP contribution in [0.2, 0.25) is 0 Å². The predicted molar refractivity (Wildman–Crippen MR) is 116 cm³/mol. The van der Waals surface area contributed by atoms with Crippen molar-refractivity contribution in [1.29, 1.82) is 0 Å². The number of hydrogen-bond acceptors (Lipinski definition) is 0. The second kappa shape index (κ2) is 11.2. The van der Waals surface area contributed by atoms with Crippen molar-refractivity contribution in [2.75, 3.05) is 0 Å². The molecule has 0 nitrogen and oxygen atoms in total. The number of hydrogen-bond donors (Lipinski definition) is 0. The van der Waals surface area contributed by atoms with Crippen LogP contribution in [0.4, 0.5) is 17.6 Å². The summed E-state index contributed by atoms with van der Waals surface area (Å²) >= 11 is 0. The largest absolute Gasteiger partial charge is 0.442 e. The van der Waals surface area contributed by atoms with Gasteiger partial charge in [-0.15, -0.1) is 0 Å². The smallest absolute Gasteiger partial charge is 0.202 e. The Labute approximate surface area is 180 Å². The van der Waals surface area contributed by atoms with Gasteiger partial charge in [-0.2, -0.15) is 13.2 Å². The number of halogens is 4. The Morgan fingerprint density at radius 1 is 0.933 bits per heavy atom. The van der Waals surface area contributed by atoms with Gasteiger partial charge in [0.2, 0.25) is 0 Å². The Morgan fingerprint density at radius 3 is 2.23 bits per heavy atom. The molecule has 0 aliphatic heterocycles. The highest BCUT2D eigenvalue weighted by molar-refractivity contribution is 5.07. The Balaban J connectivity index is 1.27. The molecule has 0 saturated heterocycles. The Hall–Kier alpha value is -0.800. The zero-order valence-electron chi connectivity index (χ0n) is 18.7. The molecule has 0 aromatic heterocycles. The van der Waals surface area contributed by atoms with Crippen molar-refractivity contribution in [2.24, 2.45) is 29.6 Å². The summed E-state index contributed by atoms with van der Waals surface area (Å²) in [6.45, 7) is 2.39. The average molecular weight is 429 g/mol. The van der Waals surface area contributed by atoms with Gasteiger partial charge < -0.3 is 0 Å². The average Bonchev–Trinajstić information content (AvgIpc) is 2.73. The van der Waals surface area contributed by atoms with Crippen molar-refractivity contribution >= 4 is 0 Å². The SMILES string of the molecule is CC1CCC(C2CC=C(CCCCC3CCC(C=C(F)C(F)(F)F)CC3)CC2)CC1. The lowest BCUT2D eigenvalue weighted by molar-refractivity contribution is -0.109. The minimum Gasteiger partial charge on any atom is -0.202 e. The number of allylic oxidation sites excluding steroid dienone is 4. The lowest BCUT2D eigenvalue weighted by Gasteiger charge is -2.34. The fourth-order valence-corrected chi connectivity index (χ4v) is 6.05. The van der Waals surface area contributed by atoms with Crippen LogP contribution >= 0.6 is 0 Å². The molecule has 2 fully saturated rings. The standard InChI is InChI=1S/C26H40F4/c1-19-6-14-23(15-7-19)24-16-12-21(13-17-24)5-3-2-4-20-8-10-22(11-9-20)18-25(27)26(28,29)30/h12,18-20,22-24H,2-11,13-17H2,1H3. The van der Waals surface area contributed by atoms with Crippen molar-refractivity contribution in [3.05, 3.63) is 23.6 Å². The van der Waals surface area contributed by atoms with E-state index in [4.69, 9.17) is 0 Å². The van der Waals surface area contributed by atoms with Crippen molar-refractivity contribution in [3.63, 3.8) is 0 Å². The molecule has 0 aromatic rings. The molecule has 172 valence electrons. The lowest BCUT2D eigenvalue weighted by Crippen LogP contribution is -2.22. The molecule has 4 heteroatoms. The summed E-state index contributed by atoms with van der Waals surface area (Å²) < 4.78 is 50.1. The fourth-order valence-electron chi connectivity index (χ4n) is 6.05. The summed E-state index contributed by atoms with van der Waals surface area (Å²) in [7, 11) is 0. The van der Waals surface area contributed by atoms with Crippen LogP contribution in [0, 0.1) is 29.6 Å². The molecule has 0 aromatic carbocycles. The Morgan fingerprint density at radius 2 is 1.63 bits per heavy atom. The van der Waals surface area contributed by atoms with Crippen LogP contribution in [0.25, 0.3) is 0 Å². The summed E-state index contributed by atoms with van der Waals surface area (Å²) in [6, 6.07) is 0. The minimum atomic E-state index is -4.82. The van der Waals surface area contributed by atoms with E-state index in [1.165, 1.54) is 70.6 Å². The van der Waals surface area contributed by atoms with Gasteiger partial charge in [-0.05, 0) is 106 Å². The maximum absolute atomic E-state index is 13.1. The molecule has 0 N–H and O–H groups in total. The predicted octanol–water partition coefficient (Wildman–Crippen LogP) is 9.32. The van der Waals surface area contributed by atoms with Crippen molar-refractivity contribution in [3.8, 4) is 0 Å². The summed E-state index contributed by atoms with van der Waals surface area (Å²) in [5, 5.41) is 0. The zero-order valence-corrected chi connectivity index (χ0v) is 18.7. The van der Waals surface area contributed by atoms with E-state index in [1.807, 2.05) is 0 Å². The highest BCUT2D eigenvalue weighted by atomic mass is 19.4. The van der Waals surface area contributed by atoms with Gasteiger partial charge >= 0.3 is 6.18 Å². The molecule has 1 atom stereocenters. The first-order valence-electron chi connectivity index (χ1n) is 12.4. The summed E-state index contributed by atoms with van der Waals surface area (Å²) in [5.74, 6) is 1.29. The molecule has 1 unspecified atom stereocenters. The molecule has 3 aliphatic rings. The second-order valence-corrected chi connectivity index (χ2v) is 10.5. The van der Waals surface area contributed by atoms with Gasteiger partial charge in [0.25, 0.3) is 0 Å². The normalized spacial score (nSPS) is 34.0. The maximum Gasteiger partial charge on any atom is 0.442 e. The second-order valence-electron chi connectivity index (χ2n) is 10.5. The van der Waals surface area contributed by atoms with E-state index in [9.17, 15) is 17.6 Å². The van der Waals surface area contributed by atoms with Crippen LogP contribution in [0.15, 0.2) is 23.6 Å². The number of alkyl halides is 3. The van der Waals surface area contributed by atoms with Crippen molar-refractivity contribution in [1.82, 2.24) is 0 Å². The lowest BCUT2D eigenvalue weighted by atomic mass is 9.71. The first kappa shape index (κ1) is 23.9. The highest BCUT2D eigenvalue weighted by Crippen LogP contribution is 2.40. The van der Waals surface area contributed by atoms with E-state index in [-0.39, 0.29) is 5.92 Å². The van der Waals surface area contributed by atoms with E-state index in [2.05, 4.69) is 13.0 Å². The van der Waals surface area contributed by atoms with Crippen LogP contribution < -0.4 is 0 Å². The van der Waals surface area contributed by atoms with Crippen LogP contribution in [0.5, 0.6) is 0 Å². The molecule has 2 saturated carbocycles. The monoisotopic (exact) mass is 428 g/mol. The molecule has 3 rings (SSSR count). The van der Waals surface area contributed by atoms with Crippen LogP contribution in [-0.4, -0.2) is 6.18 Å². The molecule has 0 spiro atoms. The first-order valence-corrected chi connectivity index (χ1v) is 12.4. The van der Waals surface area contributed by atoms with Crippen LogP contribution in [0.1, 0.15) is 103 Å². The van der Waals surface area contributed by atoms with Crippen LogP contribution in [-0.2, 0) is 0 Å². The molecule has 0 bridgehead atoms. The van der Waals surface area contributed by atoms with E-state index in [0.717, 1.165) is 36.7 Å². The van der Waals surface area contributed by atoms with E-state index >= 15 is 0 Å². The quantitative estimate of drug-likeness (QED) is 0.215. The molecule has 0 amide bonds. The van der Waals surface area contributed by atoms with Gasteiger partial charge in [-0.3, -0.25) is 0 Å². The summed E-state index contributed by atoms with van der Waals surface area (Å²) in [5.41, 5.74) is 1.66. The Kier molecular flexibility index (Phi) is 8.89. The molecular formula is C26H40F4. The third kappa shape index (κ3) is 7.41. The van der Waals surface area contributed by atoms with Gasteiger partial charge in [-0.1, -0.05) is 44.3 Å². The minimum absolute atomic E-state index is 0.240. The third-order valence-electron chi connectivity index (χ3n) is 8.18. The topological polar surface area (TPSA) is 0 Å². The molecule has 3 aliphatic carbocycles. The van der Waals surface area contributed by atoms with E-state index in [1.54, 1.807) is 5.57 Å². The molecule has 0 heterocycles. The zero-order chi connectivity index (χ0) is 21.6. The Bertz CT molecular complexity index is 572. The number of unbranched alkanes of at least 4 members (excludes halogenated alkanes) is 1. The first-order chi connectivity index (χ1) is 14.3. The van der Waals surface area contributed by atoms with Gasteiger partial charge in [0.15, 0.2) is 5.83 Å². The number of rotatable bonds is 7. The van der Waals surface area contributed by atoms with Gasteiger partial charge in [0, 0.05) is 0 Å². The third-order valence-corrected chi connectivity index (χ3v) is 8.18. The van der Waals surface area contributed by atoms with Gasteiger partial charge in [0.05, 0.1) is 0 Å². The van der Waals surface area contributed by atoms with Gasteiger partial charge in [-0.25, -0.2) is 4.39 Å². The van der Waals surface area contributed by atoms with Crippen LogP contribution in [0.3, 0.4) is 0 Å². The molecule has 0 radical (unpaired) electrons. The van der Waals surface area contributed by atoms with Crippen molar-refractivity contribution in [2.45, 2.75) is 109 Å². The van der Waals surface area contributed by atoms with Gasteiger partial charge in [0.1, 0.15) is 0 Å². The summed E-state index contributed by atoms with van der Waals surface area (Å²) in [6.07, 6.45) is 16.4. The van der Waals surface area contributed by atoms with Crippen molar-refractivity contribution < 1.29 is 17.6 Å². The van der Waals surface area contributed by atoms with E-state index in [0.29, 0.717) is 18.8 Å².